The third-order valence-electron chi connectivity index (χ3n) is 7.41. The van der Waals surface area contributed by atoms with E-state index in [-0.39, 0.29) is 29.8 Å². The Morgan fingerprint density at radius 2 is 1.77 bits per heavy atom. The van der Waals surface area contributed by atoms with E-state index in [1.54, 1.807) is 4.90 Å². The van der Waals surface area contributed by atoms with Gasteiger partial charge in [0, 0.05) is 17.6 Å². The fraction of sp³-hybridized carbons (Fsp3) is 0.783. The quantitative estimate of drug-likeness (QED) is 0.684. The maximum absolute atomic E-state index is 13.7. The van der Waals surface area contributed by atoms with Gasteiger partial charge in [0.1, 0.15) is 11.6 Å². The van der Waals surface area contributed by atoms with Crippen LogP contribution in [-0.4, -0.2) is 57.5 Å². The minimum absolute atomic E-state index is 0.0654. The van der Waals surface area contributed by atoms with Crippen molar-refractivity contribution in [2.75, 3.05) is 0 Å². The maximum Gasteiger partial charge on any atom is 0.246 e. The number of fused-ring (bicyclic) bond motifs is 1. The first-order valence-corrected chi connectivity index (χ1v) is 11.4. The van der Waals surface area contributed by atoms with Crippen LogP contribution in [-0.2, 0) is 19.1 Å². The number of carbonyl (C=O) groups is 3. The van der Waals surface area contributed by atoms with Crippen molar-refractivity contribution in [1.29, 1.82) is 0 Å². The zero-order valence-electron chi connectivity index (χ0n) is 18.4. The molecule has 3 amide bonds. The van der Waals surface area contributed by atoms with Gasteiger partial charge in [-0.25, -0.2) is 0 Å². The van der Waals surface area contributed by atoms with Crippen LogP contribution in [0.2, 0.25) is 0 Å². The summed E-state index contributed by atoms with van der Waals surface area (Å²) in [6.07, 6.45) is 9.82. The lowest BCUT2D eigenvalue weighted by Gasteiger charge is -2.35. The van der Waals surface area contributed by atoms with E-state index in [0.29, 0.717) is 0 Å². The molecule has 5 rings (SSSR count). The van der Waals surface area contributed by atoms with Crippen LogP contribution in [0.1, 0.15) is 66.2 Å². The van der Waals surface area contributed by atoms with Gasteiger partial charge in [0.15, 0.2) is 0 Å². The smallest absolute Gasteiger partial charge is 0.246 e. The Labute approximate surface area is 178 Å². The van der Waals surface area contributed by atoms with E-state index in [9.17, 15) is 14.4 Å². The van der Waals surface area contributed by atoms with E-state index in [4.69, 9.17) is 4.74 Å². The van der Waals surface area contributed by atoms with Gasteiger partial charge in [-0.2, -0.15) is 0 Å². The number of hydrogen-bond acceptors (Lipinski definition) is 4. The molecule has 0 radical (unpaired) electrons. The molecule has 0 aromatic rings. The monoisotopic (exact) mass is 415 g/mol. The van der Waals surface area contributed by atoms with Crippen molar-refractivity contribution in [2.45, 2.75) is 101 Å². The van der Waals surface area contributed by atoms with Gasteiger partial charge >= 0.3 is 0 Å². The second-order valence-electron chi connectivity index (χ2n) is 11.0. The molecular weight excluding hydrogens is 382 g/mol. The van der Waals surface area contributed by atoms with Crippen molar-refractivity contribution in [3.63, 3.8) is 0 Å². The molecule has 3 heterocycles. The zero-order valence-corrected chi connectivity index (χ0v) is 18.4. The molecule has 0 aromatic carbocycles. The molecule has 2 saturated carbocycles. The van der Waals surface area contributed by atoms with Crippen molar-refractivity contribution in [1.82, 2.24) is 15.5 Å². The molecular formula is C23H33N3O4. The third kappa shape index (κ3) is 2.84. The summed E-state index contributed by atoms with van der Waals surface area (Å²) >= 11 is 0. The second-order valence-corrected chi connectivity index (χ2v) is 11.0. The van der Waals surface area contributed by atoms with Crippen LogP contribution in [0.25, 0.3) is 0 Å². The van der Waals surface area contributed by atoms with Crippen molar-refractivity contribution in [2.24, 2.45) is 11.8 Å². The largest absolute Gasteiger partial charge is 0.356 e. The Balaban J connectivity index is 1.50. The van der Waals surface area contributed by atoms with Crippen LogP contribution in [0.15, 0.2) is 12.2 Å². The third-order valence-corrected chi connectivity index (χ3v) is 7.41. The normalized spacial score (nSPS) is 40.2. The maximum atomic E-state index is 13.7. The Bertz CT molecular complexity index is 823. The molecule has 5 atom stereocenters. The molecule has 5 aliphatic rings. The fourth-order valence-electron chi connectivity index (χ4n) is 6.11. The Hall–Kier alpha value is -1.89. The minimum atomic E-state index is -1.07. The van der Waals surface area contributed by atoms with Crippen molar-refractivity contribution in [3.8, 4) is 0 Å². The van der Waals surface area contributed by atoms with Gasteiger partial charge in [-0.15, -0.1) is 0 Å². The first-order valence-electron chi connectivity index (χ1n) is 11.4. The van der Waals surface area contributed by atoms with E-state index in [2.05, 4.69) is 10.6 Å². The molecule has 3 aliphatic heterocycles. The standard InChI is InChI=1S/C23H33N3O4/c1-21(2,3)25-19(28)17-23-12-11-22(4,30-23)15(18(27)24-13-7-5-6-8-13)16(23)20(29)26(17)14-9-10-14/h11-17H,5-10H2,1-4H3,(H,24,27)(H,25,28). The number of nitrogens with one attached hydrogen (secondary N) is 2. The summed E-state index contributed by atoms with van der Waals surface area (Å²) in [4.78, 5) is 42.2. The van der Waals surface area contributed by atoms with Gasteiger partial charge in [0.2, 0.25) is 17.7 Å². The number of amides is 3. The lowest BCUT2D eigenvalue weighted by Crippen LogP contribution is -2.58. The highest BCUT2D eigenvalue weighted by Crippen LogP contribution is 2.61. The second kappa shape index (κ2) is 6.31. The van der Waals surface area contributed by atoms with Gasteiger partial charge in [-0.1, -0.05) is 25.0 Å². The van der Waals surface area contributed by atoms with E-state index >= 15 is 0 Å². The highest BCUT2D eigenvalue weighted by molar-refractivity contribution is 6.00. The minimum Gasteiger partial charge on any atom is -0.356 e. The molecule has 2 saturated heterocycles. The SMILES string of the molecule is CC(C)(C)NC(=O)C1N(C2CC2)C(=O)C2C(C(=O)NC3CCCC3)C3(C)C=CC21O3. The number of hydrogen-bond donors (Lipinski definition) is 2. The molecule has 7 nitrogen and oxygen atoms in total. The molecule has 2 bridgehead atoms. The number of ether oxygens (including phenoxy) is 1. The van der Waals surface area contributed by atoms with Crippen LogP contribution < -0.4 is 10.6 Å². The van der Waals surface area contributed by atoms with Gasteiger partial charge in [0.25, 0.3) is 0 Å². The average Bonchev–Trinajstić information content (AvgIpc) is 3.00. The molecule has 0 aromatic heterocycles. The van der Waals surface area contributed by atoms with E-state index in [1.807, 2.05) is 39.8 Å². The van der Waals surface area contributed by atoms with Crippen molar-refractivity contribution in [3.05, 3.63) is 12.2 Å². The van der Waals surface area contributed by atoms with Gasteiger partial charge in [0.05, 0.1) is 17.4 Å². The van der Waals surface area contributed by atoms with E-state index < -0.39 is 34.6 Å². The number of rotatable bonds is 4. The molecule has 30 heavy (non-hydrogen) atoms. The number of nitrogens with zero attached hydrogens (tertiary/aromatic N) is 1. The van der Waals surface area contributed by atoms with Gasteiger partial charge in [-0.3, -0.25) is 14.4 Å². The predicted molar refractivity (Wildman–Crippen MR) is 110 cm³/mol. The predicted octanol–water partition coefficient (Wildman–Crippen LogP) is 1.66. The van der Waals surface area contributed by atoms with Gasteiger partial charge in [-0.05, 0) is 53.4 Å². The van der Waals surface area contributed by atoms with Crippen molar-refractivity contribution < 1.29 is 19.1 Å². The van der Waals surface area contributed by atoms with E-state index in [1.165, 1.54) is 0 Å². The molecule has 2 aliphatic carbocycles. The number of carbonyl (C=O) groups excluding carboxylic acids is 3. The average molecular weight is 416 g/mol. The first-order chi connectivity index (χ1) is 14.1. The fourth-order valence-corrected chi connectivity index (χ4v) is 6.11. The lowest BCUT2D eigenvalue weighted by molar-refractivity contribution is -0.146. The molecule has 1 spiro atoms. The molecule has 4 fully saturated rings. The van der Waals surface area contributed by atoms with Crippen molar-refractivity contribution >= 4 is 17.7 Å². The lowest BCUT2D eigenvalue weighted by atomic mass is 9.70. The Morgan fingerprint density at radius 3 is 2.37 bits per heavy atom. The van der Waals surface area contributed by atoms with Crippen LogP contribution in [0.4, 0.5) is 0 Å². The van der Waals surface area contributed by atoms with Gasteiger partial charge < -0.3 is 20.3 Å². The Kier molecular flexibility index (Phi) is 4.22. The topological polar surface area (TPSA) is 87.7 Å². The first kappa shape index (κ1) is 20.0. The molecule has 5 unspecified atom stereocenters. The van der Waals surface area contributed by atoms with Crippen LogP contribution in [0.5, 0.6) is 0 Å². The van der Waals surface area contributed by atoms with Crippen LogP contribution in [0, 0.1) is 11.8 Å². The zero-order chi connectivity index (χ0) is 21.5. The Morgan fingerprint density at radius 1 is 1.10 bits per heavy atom. The molecule has 164 valence electrons. The van der Waals surface area contributed by atoms with Crippen LogP contribution >= 0.6 is 0 Å². The summed E-state index contributed by atoms with van der Waals surface area (Å²) in [6, 6.07) is -0.490. The summed E-state index contributed by atoms with van der Waals surface area (Å²) in [5, 5.41) is 6.23. The highest BCUT2D eigenvalue weighted by atomic mass is 16.5. The highest BCUT2D eigenvalue weighted by Gasteiger charge is 2.77. The molecule has 7 heteroatoms. The van der Waals surface area contributed by atoms with Crippen LogP contribution in [0.3, 0.4) is 0 Å². The summed E-state index contributed by atoms with van der Waals surface area (Å²) in [6.45, 7) is 7.67. The van der Waals surface area contributed by atoms with E-state index in [0.717, 1.165) is 38.5 Å². The summed E-state index contributed by atoms with van der Waals surface area (Å²) in [5.41, 5.74) is -2.35. The summed E-state index contributed by atoms with van der Waals surface area (Å²) < 4.78 is 6.50. The molecule has 2 N–H and O–H groups in total. The number of likely N-dealkylation sites (tertiary alicyclic amines) is 1. The summed E-state index contributed by atoms with van der Waals surface area (Å²) in [7, 11) is 0. The summed E-state index contributed by atoms with van der Waals surface area (Å²) in [5.74, 6) is -1.67.